The molecule has 2 atom stereocenters. The molecular weight excluding hydrogens is 495 g/mol. The second-order valence-corrected chi connectivity index (χ2v) is 8.42. The van der Waals surface area contributed by atoms with E-state index in [1.807, 2.05) is 11.9 Å². The van der Waals surface area contributed by atoms with Gasteiger partial charge in [0, 0.05) is 35.7 Å². The van der Waals surface area contributed by atoms with Crippen LogP contribution < -0.4 is 5.43 Å². The zero-order chi connectivity index (χ0) is 26.1. The fourth-order valence-corrected chi connectivity index (χ4v) is 4.12. The predicted octanol–water partition coefficient (Wildman–Crippen LogP) is 3.94. The summed E-state index contributed by atoms with van der Waals surface area (Å²) < 4.78 is 37.5. The Morgan fingerprint density at radius 3 is 2.40 bits per heavy atom. The van der Waals surface area contributed by atoms with Gasteiger partial charge in [-0.15, -0.1) is 0 Å². The normalized spacial score (nSPS) is 18.7. The number of phenols is 2. The third kappa shape index (κ3) is 5.69. The van der Waals surface area contributed by atoms with Crippen LogP contribution in [-0.2, 0) is 4.79 Å². The molecule has 0 spiro atoms. The summed E-state index contributed by atoms with van der Waals surface area (Å²) in [4.78, 5) is 23.6. The highest BCUT2D eigenvalue weighted by Gasteiger charge is 2.38. The maximum atomic E-state index is 12.8. The number of aromatic hydroxyl groups is 2. The first kappa shape index (κ1) is 26.3. The molecule has 4 rings (SSSR count). The lowest BCUT2D eigenvalue weighted by molar-refractivity contribution is -0.192. The highest BCUT2D eigenvalue weighted by atomic mass is 35.5. The Kier molecular flexibility index (Phi) is 7.63. The van der Waals surface area contributed by atoms with Gasteiger partial charge in [-0.1, -0.05) is 23.7 Å². The Labute approximate surface area is 201 Å². The average Bonchev–Trinajstić information content (AvgIpc) is 2.74. The highest BCUT2D eigenvalue weighted by Crippen LogP contribution is 2.43. The third-order valence-corrected chi connectivity index (χ3v) is 5.88. The zero-order valence-electron chi connectivity index (χ0n) is 18.2. The van der Waals surface area contributed by atoms with Crippen molar-refractivity contribution in [2.24, 2.45) is 0 Å². The van der Waals surface area contributed by atoms with Gasteiger partial charge in [-0.05, 0) is 32.1 Å². The van der Waals surface area contributed by atoms with Gasteiger partial charge in [0.15, 0.2) is 5.43 Å². The molecule has 0 radical (unpaired) electrons. The summed E-state index contributed by atoms with van der Waals surface area (Å²) in [7, 11) is 1.89. The number of benzene rings is 2. The first-order valence-electron chi connectivity index (χ1n) is 10.3. The van der Waals surface area contributed by atoms with Gasteiger partial charge < -0.3 is 29.7 Å². The molecule has 1 aliphatic heterocycles. The van der Waals surface area contributed by atoms with Gasteiger partial charge in [0.05, 0.1) is 11.1 Å². The summed E-state index contributed by atoms with van der Waals surface area (Å²) in [6.45, 7) is 1.13. The molecule has 2 aromatic carbocycles. The Balaban J connectivity index is 0.000000429. The van der Waals surface area contributed by atoms with E-state index in [2.05, 4.69) is 0 Å². The van der Waals surface area contributed by atoms with E-state index < -0.39 is 29.6 Å². The fraction of sp³-hybridized carbons (Fsp3) is 0.304. The van der Waals surface area contributed by atoms with Gasteiger partial charge in [-0.3, -0.25) is 4.79 Å². The molecule has 0 saturated carbocycles. The third-order valence-electron chi connectivity index (χ3n) is 5.55. The lowest BCUT2D eigenvalue weighted by Crippen LogP contribution is -2.40. The van der Waals surface area contributed by atoms with Gasteiger partial charge in [-0.25, -0.2) is 4.79 Å². The number of nitrogens with zero attached hydrogens (tertiary/aromatic N) is 1. The first-order valence-corrected chi connectivity index (χ1v) is 10.6. The van der Waals surface area contributed by atoms with E-state index in [9.17, 15) is 33.3 Å². The standard InChI is InChI=1S/C21H20ClNO5.C2HF3O2/c1-23-7-6-12(16(26)10-23)19-14(24)9-18-20(21(19)27)15(25)8-17(28-18)11-4-2-3-5-13(11)22;3-2(4,5)1(6)7/h2-5,8-9,12,16,24,26-27H,6-7,10H2,1H3;(H,6,7)/t12-,16+;/m0./s1. The number of fused-ring (bicyclic) bond motifs is 1. The Hall–Kier alpha value is -3.28. The van der Waals surface area contributed by atoms with Gasteiger partial charge in [0.25, 0.3) is 0 Å². The smallest absolute Gasteiger partial charge is 0.490 e. The van der Waals surface area contributed by atoms with Gasteiger partial charge in [0.1, 0.15) is 28.2 Å². The van der Waals surface area contributed by atoms with Crippen LogP contribution in [-0.4, -0.2) is 63.7 Å². The van der Waals surface area contributed by atoms with Crippen molar-refractivity contribution in [3.05, 3.63) is 57.2 Å². The minimum atomic E-state index is -5.08. The van der Waals surface area contributed by atoms with Crippen molar-refractivity contribution in [2.75, 3.05) is 20.1 Å². The van der Waals surface area contributed by atoms with Crippen LogP contribution in [0.3, 0.4) is 0 Å². The lowest BCUT2D eigenvalue weighted by atomic mass is 9.85. The maximum Gasteiger partial charge on any atom is 0.490 e. The SMILES string of the molecule is CN1CC[C@H](c2c(O)cc3oc(-c4ccccc4Cl)cc(=O)c3c2O)[C@H](O)C1.O=C(O)C(F)(F)F. The summed E-state index contributed by atoms with van der Waals surface area (Å²) in [6.07, 6.45) is -5.30. The van der Waals surface area contributed by atoms with Crippen LogP contribution in [0.4, 0.5) is 13.2 Å². The molecule has 2 heterocycles. The number of carboxylic acids is 1. The maximum absolute atomic E-state index is 12.8. The van der Waals surface area contributed by atoms with Gasteiger partial charge in [0.2, 0.25) is 0 Å². The first-order chi connectivity index (χ1) is 16.3. The number of aliphatic hydroxyl groups is 1. The molecule has 0 unspecified atom stereocenters. The number of piperidine rings is 1. The van der Waals surface area contributed by atoms with Crippen LogP contribution in [0.25, 0.3) is 22.3 Å². The van der Waals surface area contributed by atoms with Crippen molar-refractivity contribution in [3.8, 4) is 22.8 Å². The molecule has 35 heavy (non-hydrogen) atoms. The fourth-order valence-electron chi connectivity index (χ4n) is 3.89. The molecule has 0 amide bonds. The van der Waals surface area contributed by atoms with E-state index in [1.54, 1.807) is 24.3 Å². The van der Waals surface area contributed by atoms with Crippen LogP contribution in [0, 0.1) is 0 Å². The lowest BCUT2D eigenvalue weighted by Gasteiger charge is -2.34. The quantitative estimate of drug-likeness (QED) is 0.403. The molecule has 188 valence electrons. The number of rotatable bonds is 2. The van der Waals surface area contributed by atoms with E-state index in [0.29, 0.717) is 30.1 Å². The summed E-state index contributed by atoms with van der Waals surface area (Å²) >= 11 is 6.19. The predicted molar refractivity (Wildman–Crippen MR) is 121 cm³/mol. The van der Waals surface area contributed by atoms with Crippen molar-refractivity contribution in [2.45, 2.75) is 24.6 Å². The number of halogens is 4. The van der Waals surface area contributed by atoms with E-state index in [-0.39, 0.29) is 33.8 Å². The Morgan fingerprint density at radius 1 is 1.20 bits per heavy atom. The number of likely N-dealkylation sites (tertiary alicyclic amines) is 1. The number of aliphatic carboxylic acids is 1. The molecule has 1 saturated heterocycles. The summed E-state index contributed by atoms with van der Waals surface area (Å²) in [6, 6.07) is 9.52. The van der Waals surface area contributed by atoms with Crippen LogP contribution in [0.2, 0.25) is 5.02 Å². The number of phenolic OH excluding ortho intramolecular Hbond substituents is 2. The number of aliphatic hydroxyl groups excluding tert-OH is 1. The molecule has 1 aliphatic rings. The van der Waals surface area contributed by atoms with Crippen molar-refractivity contribution in [1.82, 2.24) is 4.90 Å². The topological polar surface area (TPSA) is 131 Å². The number of hydrogen-bond donors (Lipinski definition) is 4. The highest BCUT2D eigenvalue weighted by molar-refractivity contribution is 6.33. The summed E-state index contributed by atoms with van der Waals surface area (Å²) in [5.74, 6) is -3.54. The van der Waals surface area contributed by atoms with Gasteiger partial charge >= 0.3 is 12.1 Å². The van der Waals surface area contributed by atoms with Crippen molar-refractivity contribution in [3.63, 3.8) is 0 Å². The van der Waals surface area contributed by atoms with Crippen molar-refractivity contribution < 1.29 is 42.8 Å². The Morgan fingerprint density at radius 2 is 1.83 bits per heavy atom. The summed E-state index contributed by atoms with van der Waals surface area (Å²) in [5, 5.41) is 39.3. The van der Waals surface area contributed by atoms with Crippen LogP contribution in [0.15, 0.2) is 45.6 Å². The molecular formula is C23H21ClF3NO7. The van der Waals surface area contributed by atoms with E-state index in [1.165, 1.54) is 12.1 Å². The number of likely N-dealkylation sites (N-methyl/N-ethyl adjacent to an activating group) is 1. The minimum absolute atomic E-state index is 0.0188. The van der Waals surface area contributed by atoms with E-state index in [4.69, 9.17) is 25.9 Å². The average molecular weight is 516 g/mol. The van der Waals surface area contributed by atoms with Crippen LogP contribution in [0.5, 0.6) is 11.5 Å². The number of hydrogen-bond acceptors (Lipinski definition) is 7. The molecule has 1 aromatic heterocycles. The van der Waals surface area contributed by atoms with E-state index >= 15 is 0 Å². The monoisotopic (exact) mass is 515 g/mol. The molecule has 3 aromatic rings. The second kappa shape index (κ2) is 10.1. The largest absolute Gasteiger partial charge is 0.507 e. The van der Waals surface area contributed by atoms with E-state index in [0.717, 1.165) is 0 Å². The number of alkyl halides is 3. The van der Waals surface area contributed by atoms with Gasteiger partial charge in [-0.2, -0.15) is 13.2 Å². The van der Waals surface area contributed by atoms with Crippen molar-refractivity contribution in [1.29, 1.82) is 0 Å². The molecule has 0 aliphatic carbocycles. The molecule has 1 fully saturated rings. The number of carbonyl (C=O) groups is 1. The minimum Gasteiger partial charge on any atom is -0.507 e. The van der Waals surface area contributed by atoms with Crippen molar-refractivity contribution >= 4 is 28.5 Å². The molecule has 12 heteroatoms. The summed E-state index contributed by atoms with van der Waals surface area (Å²) in [5.41, 5.74) is 0.337. The Bertz CT molecular complexity index is 1310. The molecule has 0 bridgehead atoms. The molecule has 8 nitrogen and oxygen atoms in total. The van der Waals surface area contributed by atoms with Crippen LogP contribution >= 0.6 is 11.6 Å². The number of β-amino-alcohol motifs (C(OH)–C–C–N with tert-alkyl or cyclic N) is 1. The van der Waals surface area contributed by atoms with Crippen LogP contribution in [0.1, 0.15) is 17.9 Å². The zero-order valence-corrected chi connectivity index (χ0v) is 19.0. The number of carboxylic acid groups (broad SMARTS) is 1. The second-order valence-electron chi connectivity index (χ2n) is 8.01. The molecule has 4 N–H and O–H groups in total.